The van der Waals surface area contributed by atoms with Gasteiger partial charge in [-0.3, -0.25) is 10.1 Å². The highest BCUT2D eigenvalue weighted by Crippen LogP contribution is 2.28. The standard InChI is InChI=1S/C8H9BrN2O3/c9-8-6(4-5-14-10)2-1-3-7(8)11(12)13/h1-3H,4-5,10H2. The molecule has 0 heterocycles. The van der Waals surface area contributed by atoms with Crippen molar-refractivity contribution in [1.82, 2.24) is 0 Å². The Balaban J connectivity index is 2.95. The maximum Gasteiger partial charge on any atom is 0.283 e. The lowest BCUT2D eigenvalue weighted by molar-refractivity contribution is -0.385. The Hall–Kier alpha value is -0.980. The summed E-state index contributed by atoms with van der Waals surface area (Å²) in [5.41, 5.74) is 0.865. The molecule has 0 saturated carbocycles. The Morgan fingerprint density at radius 2 is 2.29 bits per heavy atom. The summed E-state index contributed by atoms with van der Waals surface area (Å²) in [5.74, 6) is 4.88. The number of nitro benzene ring substituents is 1. The Labute approximate surface area is 89.1 Å². The summed E-state index contributed by atoms with van der Waals surface area (Å²) in [6.45, 7) is 0.333. The van der Waals surface area contributed by atoms with Crippen molar-refractivity contribution in [3.8, 4) is 0 Å². The average Bonchev–Trinajstić information content (AvgIpc) is 2.16. The van der Waals surface area contributed by atoms with Crippen LogP contribution in [0.15, 0.2) is 22.7 Å². The fraction of sp³-hybridized carbons (Fsp3) is 0.250. The summed E-state index contributed by atoms with van der Waals surface area (Å²) in [7, 11) is 0. The van der Waals surface area contributed by atoms with Gasteiger partial charge in [-0.2, -0.15) is 0 Å². The molecule has 0 aliphatic carbocycles. The number of nitro groups is 1. The Kier molecular flexibility index (Phi) is 3.99. The van der Waals surface area contributed by atoms with Crippen molar-refractivity contribution in [2.75, 3.05) is 6.61 Å². The highest BCUT2D eigenvalue weighted by molar-refractivity contribution is 9.10. The minimum Gasteiger partial charge on any atom is -0.304 e. The van der Waals surface area contributed by atoms with Crippen LogP contribution in [0.5, 0.6) is 0 Å². The van der Waals surface area contributed by atoms with Gasteiger partial charge in [-0.1, -0.05) is 12.1 Å². The molecular weight excluding hydrogens is 252 g/mol. The van der Waals surface area contributed by atoms with E-state index in [1.165, 1.54) is 6.07 Å². The normalized spacial score (nSPS) is 10.1. The molecule has 0 saturated heterocycles. The van der Waals surface area contributed by atoms with Crippen LogP contribution in [-0.2, 0) is 11.3 Å². The summed E-state index contributed by atoms with van der Waals surface area (Å²) < 4.78 is 0.488. The number of halogens is 1. The number of hydrogen-bond acceptors (Lipinski definition) is 4. The van der Waals surface area contributed by atoms with Gasteiger partial charge >= 0.3 is 0 Å². The van der Waals surface area contributed by atoms with Crippen LogP contribution in [0.25, 0.3) is 0 Å². The third kappa shape index (κ3) is 2.50. The molecule has 1 aromatic carbocycles. The summed E-state index contributed by atoms with van der Waals surface area (Å²) in [4.78, 5) is 14.5. The molecule has 76 valence electrons. The number of rotatable bonds is 4. The molecular formula is C8H9BrN2O3. The highest BCUT2D eigenvalue weighted by atomic mass is 79.9. The Bertz CT molecular complexity index is 343. The van der Waals surface area contributed by atoms with E-state index in [0.717, 1.165) is 5.56 Å². The van der Waals surface area contributed by atoms with Gasteiger partial charge in [0, 0.05) is 6.07 Å². The zero-order valence-electron chi connectivity index (χ0n) is 7.27. The Morgan fingerprint density at radius 3 is 2.86 bits per heavy atom. The first-order valence-electron chi connectivity index (χ1n) is 3.90. The topological polar surface area (TPSA) is 78.4 Å². The summed E-state index contributed by atoms with van der Waals surface area (Å²) in [5, 5.41) is 10.6. The van der Waals surface area contributed by atoms with Crippen LogP contribution < -0.4 is 5.90 Å². The van der Waals surface area contributed by atoms with E-state index in [1.807, 2.05) is 0 Å². The van der Waals surface area contributed by atoms with E-state index >= 15 is 0 Å². The molecule has 2 N–H and O–H groups in total. The summed E-state index contributed by atoms with van der Waals surface area (Å²) in [6, 6.07) is 4.86. The van der Waals surface area contributed by atoms with Crippen molar-refractivity contribution in [3.05, 3.63) is 38.3 Å². The molecule has 0 aromatic heterocycles. The third-order valence-corrected chi connectivity index (χ3v) is 2.66. The lowest BCUT2D eigenvalue weighted by Crippen LogP contribution is -2.04. The molecule has 0 radical (unpaired) electrons. The SMILES string of the molecule is NOCCc1cccc([N+](=O)[O-])c1Br. The second-order valence-corrected chi connectivity index (χ2v) is 3.42. The molecule has 5 nitrogen and oxygen atoms in total. The van der Waals surface area contributed by atoms with Gasteiger partial charge in [-0.05, 0) is 27.9 Å². The largest absolute Gasteiger partial charge is 0.304 e. The first-order valence-corrected chi connectivity index (χ1v) is 4.69. The molecule has 14 heavy (non-hydrogen) atoms. The van der Waals surface area contributed by atoms with Gasteiger partial charge in [0.15, 0.2) is 0 Å². The maximum absolute atomic E-state index is 10.6. The van der Waals surface area contributed by atoms with E-state index in [4.69, 9.17) is 5.90 Å². The maximum atomic E-state index is 10.6. The molecule has 0 atom stereocenters. The zero-order chi connectivity index (χ0) is 10.6. The first-order chi connectivity index (χ1) is 6.66. The molecule has 0 unspecified atom stereocenters. The van der Waals surface area contributed by atoms with Gasteiger partial charge in [-0.25, -0.2) is 5.90 Å². The fourth-order valence-corrected chi connectivity index (χ4v) is 1.68. The van der Waals surface area contributed by atoms with E-state index in [1.54, 1.807) is 12.1 Å². The molecule has 1 aromatic rings. The van der Waals surface area contributed by atoms with E-state index < -0.39 is 4.92 Å². The molecule has 0 amide bonds. The van der Waals surface area contributed by atoms with Gasteiger partial charge < -0.3 is 4.84 Å². The quantitative estimate of drug-likeness (QED) is 0.662. The van der Waals surface area contributed by atoms with E-state index in [9.17, 15) is 10.1 Å². The van der Waals surface area contributed by atoms with Crippen LogP contribution in [0.4, 0.5) is 5.69 Å². The van der Waals surface area contributed by atoms with Crippen molar-refractivity contribution in [2.45, 2.75) is 6.42 Å². The monoisotopic (exact) mass is 260 g/mol. The molecule has 1 rings (SSSR count). The van der Waals surface area contributed by atoms with Gasteiger partial charge in [0.1, 0.15) is 0 Å². The van der Waals surface area contributed by atoms with Gasteiger partial charge in [-0.15, -0.1) is 0 Å². The smallest absolute Gasteiger partial charge is 0.283 e. The molecule has 0 fully saturated rings. The van der Waals surface area contributed by atoms with E-state index in [-0.39, 0.29) is 5.69 Å². The van der Waals surface area contributed by atoms with Crippen molar-refractivity contribution in [2.24, 2.45) is 5.90 Å². The number of hydrogen-bond donors (Lipinski definition) is 1. The number of benzene rings is 1. The molecule has 0 aliphatic heterocycles. The lowest BCUT2D eigenvalue weighted by atomic mass is 10.1. The van der Waals surface area contributed by atoms with Crippen molar-refractivity contribution in [1.29, 1.82) is 0 Å². The fourth-order valence-electron chi connectivity index (χ4n) is 1.07. The number of nitrogens with zero attached hydrogens (tertiary/aromatic N) is 1. The second-order valence-electron chi connectivity index (χ2n) is 2.63. The van der Waals surface area contributed by atoms with Crippen LogP contribution in [0.3, 0.4) is 0 Å². The minimum atomic E-state index is -0.434. The van der Waals surface area contributed by atoms with Gasteiger partial charge in [0.2, 0.25) is 0 Å². The van der Waals surface area contributed by atoms with Crippen LogP contribution in [0, 0.1) is 10.1 Å². The van der Waals surface area contributed by atoms with Crippen LogP contribution in [-0.4, -0.2) is 11.5 Å². The lowest BCUT2D eigenvalue weighted by Gasteiger charge is -2.03. The molecule has 6 heteroatoms. The highest BCUT2D eigenvalue weighted by Gasteiger charge is 2.14. The first kappa shape index (κ1) is 11.1. The van der Waals surface area contributed by atoms with Crippen molar-refractivity contribution >= 4 is 21.6 Å². The second kappa shape index (κ2) is 5.04. The van der Waals surface area contributed by atoms with Crippen LogP contribution in [0.1, 0.15) is 5.56 Å². The predicted molar refractivity (Wildman–Crippen MR) is 54.6 cm³/mol. The summed E-state index contributed by atoms with van der Waals surface area (Å²) in [6.07, 6.45) is 0.540. The van der Waals surface area contributed by atoms with Crippen LogP contribution in [0.2, 0.25) is 0 Å². The van der Waals surface area contributed by atoms with Gasteiger partial charge in [0.25, 0.3) is 5.69 Å². The van der Waals surface area contributed by atoms with E-state index in [2.05, 4.69) is 20.8 Å². The predicted octanol–water partition coefficient (Wildman–Crippen LogP) is 1.79. The van der Waals surface area contributed by atoms with Crippen molar-refractivity contribution in [3.63, 3.8) is 0 Å². The van der Waals surface area contributed by atoms with E-state index in [0.29, 0.717) is 17.5 Å². The minimum absolute atomic E-state index is 0.0551. The van der Waals surface area contributed by atoms with Crippen molar-refractivity contribution < 1.29 is 9.76 Å². The molecule has 0 spiro atoms. The third-order valence-electron chi connectivity index (χ3n) is 1.74. The van der Waals surface area contributed by atoms with Gasteiger partial charge in [0.05, 0.1) is 16.0 Å². The molecule has 0 aliphatic rings. The summed E-state index contributed by atoms with van der Waals surface area (Å²) >= 11 is 3.17. The Morgan fingerprint density at radius 1 is 1.57 bits per heavy atom. The number of nitrogens with two attached hydrogens (primary N) is 1. The van der Waals surface area contributed by atoms with Crippen LogP contribution >= 0.6 is 15.9 Å². The molecule has 0 bridgehead atoms. The zero-order valence-corrected chi connectivity index (χ0v) is 8.86. The average molecular weight is 261 g/mol.